The van der Waals surface area contributed by atoms with Crippen LogP contribution in [0.15, 0.2) is 42.5 Å². The van der Waals surface area contributed by atoms with Crippen molar-refractivity contribution >= 4 is 34.8 Å². The van der Waals surface area contributed by atoms with Gasteiger partial charge in [0, 0.05) is 30.1 Å². The summed E-state index contributed by atoms with van der Waals surface area (Å²) in [5.41, 5.74) is 6.21. The average Bonchev–Trinajstić information content (AvgIpc) is 2.78. The number of nitrogens with zero attached hydrogens (tertiary/aromatic N) is 2. The summed E-state index contributed by atoms with van der Waals surface area (Å²) in [4.78, 5) is 37.0. The summed E-state index contributed by atoms with van der Waals surface area (Å²) in [5, 5.41) is 11.8. The quantitative estimate of drug-likeness (QED) is 0.520. The third-order valence-corrected chi connectivity index (χ3v) is 5.53. The Morgan fingerprint density at radius 2 is 1.90 bits per heavy atom. The number of aryl methyl sites for hydroxylation is 1. The van der Waals surface area contributed by atoms with Gasteiger partial charge in [0.25, 0.3) is 11.6 Å². The summed E-state index contributed by atoms with van der Waals surface area (Å²) in [6.07, 6.45) is 1.04. The minimum absolute atomic E-state index is 0.0496. The first-order valence-electron chi connectivity index (χ1n) is 9.81. The number of benzene rings is 2. The van der Waals surface area contributed by atoms with E-state index < -0.39 is 10.8 Å². The van der Waals surface area contributed by atoms with Crippen molar-refractivity contribution in [2.45, 2.75) is 19.8 Å². The van der Waals surface area contributed by atoms with Crippen LogP contribution in [-0.4, -0.2) is 36.4 Å². The minimum Gasteiger partial charge on any atom is -0.484 e. The highest BCUT2D eigenvalue weighted by Crippen LogP contribution is 2.31. The van der Waals surface area contributed by atoms with Crippen LogP contribution in [0.5, 0.6) is 5.75 Å². The summed E-state index contributed by atoms with van der Waals surface area (Å²) >= 11 is 5.95. The fraction of sp³-hybridized carbons (Fsp3) is 0.333. The van der Waals surface area contributed by atoms with Crippen LogP contribution in [-0.2, 0) is 9.59 Å². The zero-order chi connectivity index (χ0) is 22.4. The summed E-state index contributed by atoms with van der Waals surface area (Å²) in [7, 11) is 0. The van der Waals surface area contributed by atoms with Crippen LogP contribution in [0, 0.1) is 23.0 Å². The number of nitro benzene ring substituents is 1. The van der Waals surface area contributed by atoms with Crippen molar-refractivity contribution in [3.8, 4) is 5.75 Å². The number of nitrogens with one attached hydrogen (secondary N) is 2. The number of hydrogen-bond acceptors (Lipinski definition) is 6. The lowest BCUT2D eigenvalue weighted by atomic mass is 9.95. The van der Waals surface area contributed by atoms with Gasteiger partial charge in [-0.15, -0.1) is 0 Å². The molecular formula is C21H23ClN4O5. The normalized spacial score (nSPS) is 14.1. The molecule has 1 fully saturated rings. The number of halogens is 1. The second-order valence-corrected chi connectivity index (χ2v) is 7.65. The summed E-state index contributed by atoms with van der Waals surface area (Å²) in [6, 6.07) is 11.6. The standard InChI is InChI=1S/C21H23ClN4O5/c1-14-12-16(6-7-17(14)22)31-13-20(27)23-24-21(28)15-8-10-25(11-9-15)18-4-2-3-5-19(18)26(29)30/h2-7,12,15H,8-11,13H2,1H3,(H,23,27)(H,24,28). The number of rotatable bonds is 6. The second-order valence-electron chi connectivity index (χ2n) is 7.24. The first-order chi connectivity index (χ1) is 14.8. The molecule has 2 N–H and O–H groups in total. The van der Waals surface area contributed by atoms with E-state index in [1.807, 2.05) is 11.8 Å². The van der Waals surface area contributed by atoms with E-state index in [4.69, 9.17) is 16.3 Å². The van der Waals surface area contributed by atoms with Crippen LogP contribution in [0.4, 0.5) is 11.4 Å². The van der Waals surface area contributed by atoms with E-state index in [-0.39, 0.29) is 24.1 Å². The molecule has 1 heterocycles. The van der Waals surface area contributed by atoms with E-state index in [0.29, 0.717) is 42.4 Å². The highest BCUT2D eigenvalue weighted by Gasteiger charge is 2.28. The van der Waals surface area contributed by atoms with E-state index in [1.165, 1.54) is 6.07 Å². The maximum absolute atomic E-state index is 12.4. The van der Waals surface area contributed by atoms with Crippen molar-refractivity contribution < 1.29 is 19.2 Å². The molecule has 0 bridgehead atoms. The van der Waals surface area contributed by atoms with Gasteiger partial charge in [-0.05, 0) is 49.6 Å². The Labute approximate surface area is 184 Å². The number of piperidine rings is 1. The molecule has 1 aliphatic heterocycles. The highest BCUT2D eigenvalue weighted by molar-refractivity contribution is 6.31. The zero-order valence-corrected chi connectivity index (χ0v) is 17.7. The number of anilines is 1. The molecule has 10 heteroatoms. The summed E-state index contributed by atoms with van der Waals surface area (Å²) in [6.45, 7) is 2.60. The number of carbonyl (C=O) groups excluding carboxylic acids is 2. The Hall–Kier alpha value is -3.33. The van der Waals surface area contributed by atoms with Crippen LogP contribution in [0.2, 0.25) is 5.02 Å². The third kappa shape index (κ3) is 5.85. The van der Waals surface area contributed by atoms with Gasteiger partial charge in [0.2, 0.25) is 5.91 Å². The van der Waals surface area contributed by atoms with Crippen molar-refractivity contribution in [1.82, 2.24) is 10.9 Å². The van der Waals surface area contributed by atoms with Gasteiger partial charge in [-0.25, -0.2) is 0 Å². The van der Waals surface area contributed by atoms with Gasteiger partial charge in [0.1, 0.15) is 11.4 Å². The zero-order valence-electron chi connectivity index (χ0n) is 17.0. The van der Waals surface area contributed by atoms with Gasteiger partial charge in [-0.3, -0.25) is 30.6 Å². The predicted octanol–water partition coefficient (Wildman–Crippen LogP) is 3.00. The number of hydrazine groups is 1. The van der Waals surface area contributed by atoms with Gasteiger partial charge in [-0.1, -0.05) is 23.7 Å². The molecule has 0 radical (unpaired) electrons. The predicted molar refractivity (Wildman–Crippen MR) is 116 cm³/mol. The number of nitro groups is 1. The molecule has 0 spiro atoms. The first kappa shape index (κ1) is 22.4. The molecule has 3 rings (SSSR count). The third-order valence-electron chi connectivity index (χ3n) is 5.11. The number of carbonyl (C=O) groups is 2. The molecular weight excluding hydrogens is 424 g/mol. The highest BCUT2D eigenvalue weighted by atomic mass is 35.5. The van der Waals surface area contributed by atoms with Gasteiger partial charge in [0.05, 0.1) is 4.92 Å². The van der Waals surface area contributed by atoms with Crippen molar-refractivity contribution in [1.29, 1.82) is 0 Å². The smallest absolute Gasteiger partial charge is 0.292 e. The van der Waals surface area contributed by atoms with Gasteiger partial charge >= 0.3 is 0 Å². The lowest BCUT2D eigenvalue weighted by molar-refractivity contribution is -0.384. The van der Waals surface area contributed by atoms with E-state index in [9.17, 15) is 19.7 Å². The summed E-state index contributed by atoms with van der Waals surface area (Å²) in [5.74, 6) is -0.568. The molecule has 2 amide bonds. The Morgan fingerprint density at radius 3 is 2.58 bits per heavy atom. The Kier molecular flexibility index (Phi) is 7.30. The van der Waals surface area contributed by atoms with Gasteiger partial charge in [-0.2, -0.15) is 0 Å². The van der Waals surface area contributed by atoms with Crippen molar-refractivity contribution in [3.63, 3.8) is 0 Å². The summed E-state index contributed by atoms with van der Waals surface area (Å²) < 4.78 is 5.39. The molecule has 1 saturated heterocycles. The second kappa shape index (κ2) is 10.1. The maximum atomic E-state index is 12.4. The molecule has 0 unspecified atom stereocenters. The van der Waals surface area contributed by atoms with E-state index in [0.717, 1.165) is 5.56 Å². The van der Waals surface area contributed by atoms with Crippen LogP contribution in [0.3, 0.4) is 0 Å². The fourth-order valence-corrected chi connectivity index (χ4v) is 3.51. The molecule has 0 aromatic heterocycles. The molecule has 2 aromatic carbocycles. The van der Waals surface area contributed by atoms with E-state index in [2.05, 4.69) is 10.9 Å². The van der Waals surface area contributed by atoms with Crippen molar-refractivity contribution in [2.75, 3.05) is 24.6 Å². The molecule has 164 valence electrons. The van der Waals surface area contributed by atoms with Crippen LogP contribution in [0.1, 0.15) is 18.4 Å². The van der Waals surface area contributed by atoms with Crippen molar-refractivity contribution in [3.05, 3.63) is 63.2 Å². The molecule has 9 nitrogen and oxygen atoms in total. The lowest BCUT2D eigenvalue weighted by Crippen LogP contribution is -2.48. The molecule has 2 aromatic rings. The Bertz CT molecular complexity index is 976. The first-order valence-corrected chi connectivity index (χ1v) is 10.2. The SMILES string of the molecule is Cc1cc(OCC(=O)NNC(=O)C2CCN(c3ccccc3[N+](=O)[O-])CC2)ccc1Cl. The number of ether oxygens (including phenoxy) is 1. The topological polar surface area (TPSA) is 114 Å². The van der Waals surface area contributed by atoms with Crippen LogP contribution < -0.4 is 20.5 Å². The molecule has 0 atom stereocenters. The lowest BCUT2D eigenvalue weighted by Gasteiger charge is -2.32. The molecule has 31 heavy (non-hydrogen) atoms. The van der Waals surface area contributed by atoms with E-state index in [1.54, 1.807) is 36.4 Å². The van der Waals surface area contributed by atoms with Gasteiger partial charge < -0.3 is 9.64 Å². The van der Waals surface area contributed by atoms with E-state index >= 15 is 0 Å². The minimum atomic E-state index is -0.488. The van der Waals surface area contributed by atoms with Crippen LogP contribution in [0.25, 0.3) is 0 Å². The number of amides is 2. The Morgan fingerprint density at radius 1 is 1.19 bits per heavy atom. The average molecular weight is 447 g/mol. The number of para-hydroxylation sites is 2. The molecule has 0 saturated carbocycles. The largest absolute Gasteiger partial charge is 0.484 e. The van der Waals surface area contributed by atoms with Crippen molar-refractivity contribution in [2.24, 2.45) is 5.92 Å². The number of hydrogen-bond donors (Lipinski definition) is 2. The maximum Gasteiger partial charge on any atom is 0.292 e. The fourth-order valence-electron chi connectivity index (χ4n) is 3.39. The Balaban J connectivity index is 1.43. The molecule has 1 aliphatic rings. The molecule has 0 aliphatic carbocycles. The van der Waals surface area contributed by atoms with Crippen LogP contribution >= 0.6 is 11.6 Å². The van der Waals surface area contributed by atoms with Gasteiger partial charge in [0.15, 0.2) is 6.61 Å². The monoisotopic (exact) mass is 446 g/mol.